The third kappa shape index (κ3) is 3.30. The molecule has 4 N–H and O–H groups in total. The van der Waals surface area contributed by atoms with Gasteiger partial charge in [0.15, 0.2) is 0 Å². The Hall–Kier alpha value is -1.36. The molecule has 1 aromatic rings. The summed E-state index contributed by atoms with van der Waals surface area (Å²) in [5.41, 5.74) is 5.97. The van der Waals surface area contributed by atoms with Crippen molar-refractivity contribution in [2.75, 3.05) is 6.54 Å². The van der Waals surface area contributed by atoms with Gasteiger partial charge in [-0.1, -0.05) is 12.8 Å². The van der Waals surface area contributed by atoms with E-state index in [4.69, 9.17) is 5.73 Å². The van der Waals surface area contributed by atoms with Crippen LogP contribution in [0.2, 0.25) is 0 Å². The van der Waals surface area contributed by atoms with Crippen molar-refractivity contribution >= 4 is 5.91 Å². The predicted molar refractivity (Wildman–Crippen MR) is 65.2 cm³/mol. The molecule has 1 aliphatic carbocycles. The number of H-pyrrole nitrogens is 1. The zero-order valence-electron chi connectivity index (χ0n) is 9.98. The van der Waals surface area contributed by atoms with Gasteiger partial charge in [0.25, 0.3) is 0 Å². The van der Waals surface area contributed by atoms with Gasteiger partial charge in [-0.05, 0) is 12.8 Å². The average molecular weight is 236 g/mol. The van der Waals surface area contributed by atoms with E-state index >= 15 is 0 Å². The highest BCUT2D eigenvalue weighted by molar-refractivity contribution is 5.79. The van der Waals surface area contributed by atoms with Gasteiger partial charge < -0.3 is 16.0 Å². The summed E-state index contributed by atoms with van der Waals surface area (Å²) >= 11 is 0. The lowest BCUT2D eigenvalue weighted by molar-refractivity contribution is -0.126. The first kappa shape index (κ1) is 12.1. The van der Waals surface area contributed by atoms with Crippen LogP contribution < -0.4 is 11.1 Å². The van der Waals surface area contributed by atoms with Crippen LogP contribution in [0, 0.1) is 5.92 Å². The molecular weight excluding hydrogens is 216 g/mol. The van der Waals surface area contributed by atoms with Crippen LogP contribution in [0.25, 0.3) is 0 Å². The van der Waals surface area contributed by atoms with Crippen LogP contribution in [0.5, 0.6) is 0 Å². The molecule has 0 bridgehead atoms. The molecule has 0 spiro atoms. The lowest BCUT2D eigenvalue weighted by atomic mass is 9.84. The molecule has 1 aromatic heterocycles. The summed E-state index contributed by atoms with van der Waals surface area (Å²) in [7, 11) is 0. The van der Waals surface area contributed by atoms with E-state index in [1.54, 1.807) is 12.4 Å². The standard InChI is InChI=1S/C12H20N4O/c13-10-4-2-1-3-9(10)12(17)16-6-5-11-14-7-8-15-11/h7-10H,1-6,13H2,(H,14,15)(H,16,17). The zero-order valence-corrected chi connectivity index (χ0v) is 9.98. The SMILES string of the molecule is NC1CCCCC1C(=O)NCCc1ncc[nH]1. The van der Waals surface area contributed by atoms with Crippen LogP contribution >= 0.6 is 0 Å². The van der Waals surface area contributed by atoms with Gasteiger partial charge in [0.1, 0.15) is 5.82 Å². The van der Waals surface area contributed by atoms with E-state index in [0.717, 1.165) is 37.9 Å². The first-order valence-corrected chi connectivity index (χ1v) is 6.29. The molecule has 5 nitrogen and oxygen atoms in total. The number of hydrogen-bond acceptors (Lipinski definition) is 3. The van der Waals surface area contributed by atoms with Gasteiger partial charge in [-0.15, -0.1) is 0 Å². The molecule has 2 atom stereocenters. The first-order valence-electron chi connectivity index (χ1n) is 6.29. The maximum absolute atomic E-state index is 11.9. The average Bonchev–Trinajstić information content (AvgIpc) is 2.82. The van der Waals surface area contributed by atoms with Crippen LogP contribution in [-0.4, -0.2) is 28.5 Å². The third-order valence-electron chi connectivity index (χ3n) is 3.37. The van der Waals surface area contributed by atoms with Crippen molar-refractivity contribution in [3.63, 3.8) is 0 Å². The fourth-order valence-corrected chi connectivity index (χ4v) is 2.35. The Morgan fingerprint density at radius 3 is 3.06 bits per heavy atom. The van der Waals surface area contributed by atoms with Crippen molar-refractivity contribution in [3.8, 4) is 0 Å². The summed E-state index contributed by atoms with van der Waals surface area (Å²) < 4.78 is 0. The molecule has 2 unspecified atom stereocenters. The Balaban J connectivity index is 1.73. The van der Waals surface area contributed by atoms with Crippen LogP contribution in [0.4, 0.5) is 0 Å². The monoisotopic (exact) mass is 236 g/mol. The minimum Gasteiger partial charge on any atom is -0.355 e. The van der Waals surface area contributed by atoms with Gasteiger partial charge in [0, 0.05) is 31.4 Å². The topological polar surface area (TPSA) is 83.8 Å². The number of amides is 1. The van der Waals surface area contributed by atoms with E-state index in [0.29, 0.717) is 6.54 Å². The normalized spacial score (nSPS) is 24.5. The predicted octanol–water partition coefficient (Wildman–Crippen LogP) is 0.586. The van der Waals surface area contributed by atoms with E-state index in [1.807, 2.05) is 0 Å². The van der Waals surface area contributed by atoms with Gasteiger partial charge in [0.05, 0.1) is 5.92 Å². The van der Waals surface area contributed by atoms with E-state index in [-0.39, 0.29) is 17.9 Å². The Morgan fingerprint density at radius 2 is 2.35 bits per heavy atom. The Bertz CT molecular complexity index is 349. The quantitative estimate of drug-likeness (QED) is 0.715. The van der Waals surface area contributed by atoms with Crippen molar-refractivity contribution in [3.05, 3.63) is 18.2 Å². The maximum atomic E-state index is 11.9. The second kappa shape index (κ2) is 5.82. The number of nitrogens with two attached hydrogens (primary N) is 1. The summed E-state index contributed by atoms with van der Waals surface area (Å²) in [6.45, 7) is 0.621. The highest BCUT2D eigenvalue weighted by Gasteiger charge is 2.27. The lowest BCUT2D eigenvalue weighted by Gasteiger charge is -2.27. The molecule has 0 aromatic carbocycles. The van der Waals surface area contributed by atoms with Gasteiger partial charge in [-0.3, -0.25) is 4.79 Å². The highest BCUT2D eigenvalue weighted by Crippen LogP contribution is 2.22. The third-order valence-corrected chi connectivity index (χ3v) is 3.37. The number of carbonyl (C=O) groups is 1. The van der Waals surface area contributed by atoms with E-state index in [9.17, 15) is 4.79 Å². The zero-order chi connectivity index (χ0) is 12.1. The summed E-state index contributed by atoms with van der Waals surface area (Å²) in [6.07, 6.45) is 8.40. The molecule has 1 aliphatic rings. The molecule has 0 saturated heterocycles. The van der Waals surface area contributed by atoms with Crippen molar-refractivity contribution in [1.82, 2.24) is 15.3 Å². The number of nitrogens with one attached hydrogen (secondary N) is 2. The molecule has 2 rings (SSSR count). The van der Waals surface area contributed by atoms with Crippen molar-refractivity contribution in [2.45, 2.75) is 38.1 Å². The van der Waals surface area contributed by atoms with Crippen LogP contribution in [0.15, 0.2) is 12.4 Å². The second-order valence-electron chi connectivity index (χ2n) is 4.63. The second-order valence-corrected chi connectivity index (χ2v) is 4.63. The Labute approximate surface area is 101 Å². The summed E-state index contributed by atoms with van der Waals surface area (Å²) in [6, 6.07) is 0.0346. The minimum atomic E-state index is 0.000325. The van der Waals surface area contributed by atoms with Gasteiger partial charge in [0.2, 0.25) is 5.91 Å². The van der Waals surface area contributed by atoms with Crippen LogP contribution in [0.3, 0.4) is 0 Å². The van der Waals surface area contributed by atoms with Crippen LogP contribution in [-0.2, 0) is 11.2 Å². The number of imidazole rings is 1. The highest BCUT2D eigenvalue weighted by atomic mass is 16.1. The molecule has 0 aliphatic heterocycles. The number of aromatic amines is 1. The Kier molecular flexibility index (Phi) is 4.14. The summed E-state index contributed by atoms with van der Waals surface area (Å²) in [4.78, 5) is 19.0. The fourth-order valence-electron chi connectivity index (χ4n) is 2.35. The number of aromatic nitrogens is 2. The summed E-state index contributed by atoms with van der Waals surface area (Å²) in [5, 5.41) is 2.94. The van der Waals surface area contributed by atoms with E-state index in [1.165, 1.54) is 0 Å². The molecule has 5 heteroatoms. The number of carbonyl (C=O) groups excluding carboxylic acids is 1. The first-order chi connectivity index (χ1) is 8.27. The smallest absolute Gasteiger partial charge is 0.224 e. The molecule has 1 amide bonds. The molecular formula is C12H20N4O. The molecule has 94 valence electrons. The van der Waals surface area contributed by atoms with Gasteiger partial charge >= 0.3 is 0 Å². The summed E-state index contributed by atoms with van der Waals surface area (Å²) in [5.74, 6) is 1.00. The van der Waals surface area contributed by atoms with Crippen molar-refractivity contribution in [1.29, 1.82) is 0 Å². The van der Waals surface area contributed by atoms with Gasteiger partial charge in [-0.2, -0.15) is 0 Å². The molecule has 1 fully saturated rings. The van der Waals surface area contributed by atoms with Crippen molar-refractivity contribution in [2.24, 2.45) is 11.7 Å². The van der Waals surface area contributed by atoms with E-state index < -0.39 is 0 Å². The fraction of sp³-hybridized carbons (Fsp3) is 0.667. The van der Waals surface area contributed by atoms with Gasteiger partial charge in [-0.25, -0.2) is 4.98 Å². The Morgan fingerprint density at radius 1 is 1.53 bits per heavy atom. The maximum Gasteiger partial charge on any atom is 0.224 e. The largest absolute Gasteiger partial charge is 0.355 e. The number of nitrogens with zero attached hydrogens (tertiary/aromatic N) is 1. The molecule has 17 heavy (non-hydrogen) atoms. The lowest BCUT2D eigenvalue weighted by Crippen LogP contribution is -2.44. The minimum absolute atomic E-state index is 0.000325. The molecule has 1 heterocycles. The number of hydrogen-bond donors (Lipinski definition) is 3. The number of rotatable bonds is 4. The van der Waals surface area contributed by atoms with E-state index in [2.05, 4.69) is 15.3 Å². The molecule has 0 radical (unpaired) electrons. The van der Waals surface area contributed by atoms with Crippen molar-refractivity contribution < 1.29 is 4.79 Å². The molecule has 1 saturated carbocycles. The van der Waals surface area contributed by atoms with Crippen LogP contribution in [0.1, 0.15) is 31.5 Å².